The van der Waals surface area contributed by atoms with Gasteiger partial charge in [-0.2, -0.15) is 5.10 Å². The van der Waals surface area contributed by atoms with Gasteiger partial charge in [0.05, 0.1) is 6.54 Å². The van der Waals surface area contributed by atoms with Gasteiger partial charge in [0.1, 0.15) is 17.2 Å². The molecule has 7 heteroatoms. The van der Waals surface area contributed by atoms with Crippen LogP contribution in [0.25, 0.3) is 0 Å². The van der Waals surface area contributed by atoms with Gasteiger partial charge in [-0.05, 0) is 44.4 Å². The smallest absolute Gasteiger partial charge is 0.244 e. The van der Waals surface area contributed by atoms with Crippen LogP contribution in [0.5, 0.6) is 0 Å². The zero-order chi connectivity index (χ0) is 17.2. The molecule has 1 fully saturated rings. The number of benzene rings is 1. The molecule has 0 bridgehead atoms. The van der Waals surface area contributed by atoms with Crippen molar-refractivity contribution in [1.82, 2.24) is 14.8 Å². The zero-order valence-electron chi connectivity index (χ0n) is 14.1. The summed E-state index contributed by atoms with van der Waals surface area (Å²) in [4.78, 5) is 16.8. The molecule has 0 aliphatic carbocycles. The average molecular weight is 329 g/mol. The number of nitrogens with two attached hydrogens (primary N) is 1. The molecule has 1 amide bonds. The number of hydrogen-bond acceptors (Lipinski definition) is 5. The molecule has 1 saturated heterocycles. The molecule has 0 spiro atoms. The van der Waals surface area contributed by atoms with E-state index in [2.05, 4.69) is 15.4 Å². The molecule has 24 heavy (non-hydrogen) atoms. The van der Waals surface area contributed by atoms with Crippen LogP contribution in [0, 0.1) is 13.8 Å². The van der Waals surface area contributed by atoms with Crippen molar-refractivity contribution in [3.05, 3.63) is 41.5 Å². The second kappa shape index (κ2) is 6.70. The van der Waals surface area contributed by atoms with Crippen molar-refractivity contribution >= 4 is 11.6 Å². The van der Waals surface area contributed by atoms with E-state index in [4.69, 9.17) is 10.5 Å². The number of amides is 1. The fourth-order valence-corrected chi connectivity index (χ4v) is 2.85. The Labute approximate surface area is 141 Å². The van der Waals surface area contributed by atoms with Crippen molar-refractivity contribution in [1.29, 1.82) is 0 Å². The maximum atomic E-state index is 12.5. The van der Waals surface area contributed by atoms with Gasteiger partial charge in [-0.15, -0.1) is 0 Å². The monoisotopic (exact) mass is 329 g/mol. The molecule has 7 nitrogen and oxygen atoms in total. The molecule has 1 aromatic heterocycles. The Balaban J connectivity index is 1.71. The van der Waals surface area contributed by atoms with Crippen molar-refractivity contribution in [2.24, 2.45) is 5.73 Å². The summed E-state index contributed by atoms with van der Waals surface area (Å²) in [5, 5.41) is 7.30. The summed E-state index contributed by atoms with van der Waals surface area (Å²) in [6, 6.07) is 7.72. The minimum Gasteiger partial charge on any atom is -0.381 e. The quantitative estimate of drug-likeness (QED) is 0.884. The summed E-state index contributed by atoms with van der Waals surface area (Å²) in [6.45, 7) is 5.45. The lowest BCUT2D eigenvalue weighted by Crippen LogP contribution is -2.54. The highest BCUT2D eigenvalue weighted by molar-refractivity contribution is 5.98. The SMILES string of the molecule is Cc1nc(C)n(Cc2cccc(NC(=O)C3(N)CCOCC3)c2)n1. The Morgan fingerprint density at radius 3 is 2.79 bits per heavy atom. The third kappa shape index (κ3) is 3.63. The largest absolute Gasteiger partial charge is 0.381 e. The topological polar surface area (TPSA) is 95.1 Å². The lowest BCUT2D eigenvalue weighted by molar-refractivity contribution is -0.124. The zero-order valence-corrected chi connectivity index (χ0v) is 14.1. The van der Waals surface area contributed by atoms with Crippen molar-refractivity contribution in [3.63, 3.8) is 0 Å². The Morgan fingerprint density at radius 2 is 2.12 bits per heavy atom. The minimum atomic E-state index is -0.853. The van der Waals surface area contributed by atoms with E-state index in [-0.39, 0.29) is 5.91 Å². The standard InChI is InChI=1S/C17H23N5O2/c1-12-19-13(2)22(21-12)11-14-4-3-5-15(10-14)20-16(23)17(18)6-8-24-9-7-17/h3-5,10H,6-9,11,18H2,1-2H3,(H,20,23). The van der Waals surface area contributed by atoms with Gasteiger partial charge in [0.15, 0.2) is 0 Å². The fraction of sp³-hybridized carbons (Fsp3) is 0.471. The predicted octanol–water partition coefficient (Wildman–Crippen LogP) is 1.39. The molecule has 1 aliphatic heterocycles. The maximum Gasteiger partial charge on any atom is 0.244 e. The van der Waals surface area contributed by atoms with E-state index in [1.54, 1.807) is 0 Å². The first-order chi connectivity index (χ1) is 11.5. The number of aryl methyl sites for hydroxylation is 2. The van der Waals surface area contributed by atoms with Crippen molar-refractivity contribution < 1.29 is 9.53 Å². The van der Waals surface area contributed by atoms with E-state index >= 15 is 0 Å². The summed E-state index contributed by atoms with van der Waals surface area (Å²) in [7, 11) is 0. The van der Waals surface area contributed by atoms with Gasteiger partial charge in [0, 0.05) is 18.9 Å². The Morgan fingerprint density at radius 1 is 1.38 bits per heavy atom. The maximum absolute atomic E-state index is 12.5. The van der Waals surface area contributed by atoms with E-state index in [1.807, 2.05) is 42.8 Å². The number of carbonyl (C=O) groups excluding carboxylic acids is 1. The Hall–Kier alpha value is -2.25. The summed E-state index contributed by atoms with van der Waals surface area (Å²) in [5.74, 6) is 1.46. The van der Waals surface area contributed by atoms with Crippen molar-refractivity contribution in [2.75, 3.05) is 18.5 Å². The van der Waals surface area contributed by atoms with Crippen LogP contribution in [0.15, 0.2) is 24.3 Å². The van der Waals surface area contributed by atoms with Gasteiger partial charge in [-0.1, -0.05) is 12.1 Å². The molecule has 0 unspecified atom stereocenters. The van der Waals surface area contributed by atoms with Crippen molar-refractivity contribution in [3.8, 4) is 0 Å². The number of rotatable bonds is 4. The normalized spacial score (nSPS) is 16.8. The molecule has 2 aromatic rings. The third-order valence-electron chi connectivity index (χ3n) is 4.32. The number of carbonyl (C=O) groups is 1. The molecule has 128 valence electrons. The highest BCUT2D eigenvalue weighted by Crippen LogP contribution is 2.21. The second-order valence-corrected chi connectivity index (χ2v) is 6.29. The van der Waals surface area contributed by atoms with Crippen LogP contribution < -0.4 is 11.1 Å². The minimum absolute atomic E-state index is 0.157. The lowest BCUT2D eigenvalue weighted by Gasteiger charge is -2.31. The highest BCUT2D eigenvalue weighted by atomic mass is 16.5. The first kappa shape index (κ1) is 16.6. The van der Waals surface area contributed by atoms with Crippen LogP contribution in [0.2, 0.25) is 0 Å². The van der Waals surface area contributed by atoms with Gasteiger partial charge in [-0.25, -0.2) is 9.67 Å². The van der Waals surface area contributed by atoms with E-state index in [1.165, 1.54) is 0 Å². The highest BCUT2D eigenvalue weighted by Gasteiger charge is 2.35. The third-order valence-corrected chi connectivity index (χ3v) is 4.32. The number of aromatic nitrogens is 3. The first-order valence-corrected chi connectivity index (χ1v) is 8.11. The van der Waals surface area contributed by atoms with Gasteiger partial charge < -0.3 is 15.8 Å². The molecule has 2 heterocycles. The van der Waals surface area contributed by atoms with Crippen LogP contribution in [0.4, 0.5) is 5.69 Å². The Bertz CT molecular complexity index is 734. The molecule has 0 saturated carbocycles. The predicted molar refractivity (Wildman–Crippen MR) is 90.6 cm³/mol. The summed E-state index contributed by atoms with van der Waals surface area (Å²) >= 11 is 0. The van der Waals surface area contributed by atoms with Crippen LogP contribution in [0.1, 0.15) is 30.1 Å². The second-order valence-electron chi connectivity index (χ2n) is 6.29. The van der Waals surface area contributed by atoms with E-state index in [0.29, 0.717) is 32.6 Å². The molecular formula is C17H23N5O2. The summed E-state index contributed by atoms with van der Waals surface area (Å²) in [5.41, 5.74) is 7.15. The van der Waals surface area contributed by atoms with E-state index in [9.17, 15) is 4.79 Å². The van der Waals surface area contributed by atoms with E-state index < -0.39 is 5.54 Å². The fourth-order valence-electron chi connectivity index (χ4n) is 2.85. The number of nitrogens with zero attached hydrogens (tertiary/aromatic N) is 3. The first-order valence-electron chi connectivity index (χ1n) is 8.11. The number of nitrogens with one attached hydrogen (secondary N) is 1. The number of hydrogen-bond donors (Lipinski definition) is 2. The summed E-state index contributed by atoms with van der Waals surface area (Å²) in [6.07, 6.45) is 1.08. The van der Waals surface area contributed by atoms with Crippen LogP contribution >= 0.6 is 0 Å². The van der Waals surface area contributed by atoms with Gasteiger partial charge in [-0.3, -0.25) is 4.79 Å². The van der Waals surface area contributed by atoms with Crippen LogP contribution in [-0.4, -0.2) is 39.4 Å². The molecule has 3 rings (SSSR count). The van der Waals surface area contributed by atoms with Gasteiger partial charge in [0.2, 0.25) is 5.91 Å². The average Bonchev–Trinajstić information content (AvgIpc) is 2.86. The van der Waals surface area contributed by atoms with Gasteiger partial charge in [0.25, 0.3) is 0 Å². The number of ether oxygens (including phenoxy) is 1. The summed E-state index contributed by atoms with van der Waals surface area (Å²) < 4.78 is 7.13. The van der Waals surface area contributed by atoms with Crippen LogP contribution in [0.3, 0.4) is 0 Å². The van der Waals surface area contributed by atoms with Crippen molar-refractivity contribution in [2.45, 2.75) is 38.8 Å². The molecule has 0 atom stereocenters. The molecule has 1 aliphatic rings. The lowest BCUT2D eigenvalue weighted by atomic mass is 9.90. The molecule has 3 N–H and O–H groups in total. The number of anilines is 1. The van der Waals surface area contributed by atoms with Crippen LogP contribution in [-0.2, 0) is 16.1 Å². The molecular weight excluding hydrogens is 306 g/mol. The Kier molecular flexibility index (Phi) is 4.64. The van der Waals surface area contributed by atoms with Gasteiger partial charge >= 0.3 is 0 Å². The molecule has 0 radical (unpaired) electrons. The van der Waals surface area contributed by atoms with E-state index in [0.717, 1.165) is 22.9 Å². The molecule has 1 aromatic carbocycles.